The van der Waals surface area contributed by atoms with Gasteiger partial charge in [-0.3, -0.25) is 10.4 Å². The minimum atomic E-state index is 0.0982. The second kappa shape index (κ2) is 6.28. The van der Waals surface area contributed by atoms with Gasteiger partial charge in [0, 0.05) is 19.5 Å². The molecular weight excluding hydrogens is 272 g/mol. The lowest BCUT2D eigenvalue weighted by atomic mass is 10.0. The number of hydrazone groups is 1. The second-order valence-corrected chi connectivity index (χ2v) is 6.03. The normalized spacial score (nSPS) is 18.1. The molecule has 6 heteroatoms. The van der Waals surface area contributed by atoms with Gasteiger partial charge >= 0.3 is 0 Å². The number of ether oxygens (including phenoxy) is 1. The SMILES string of the molecule is COC(/C=N/Nc1nc2ccncc2s1)C1CCCC1. The van der Waals surface area contributed by atoms with Crippen molar-refractivity contribution in [3.8, 4) is 0 Å². The Morgan fingerprint density at radius 1 is 1.50 bits per heavy atom. The van der Waals surface area contributed by atoms with E-state index in [9.17, 15) is 0 Å². The first-order valence-electron chi connectivity index (χ1n) is 6.89. The first-order valence-corrected chi connectivity index (χ1v) is 7.71. The van der Waals surface area contributed by atoms with Gasteiger partial charge in [-0.2, -0.15) is 5.10 Å². The highest BCUT2D eigenvalue weighted by Gasteiger charge is 2.23. The molecular formula is C14H18N4OS. The van der Waals surface area contributed by atoms with E-state index in [-0.39, 0.29) is 6.10 Å². The van der Waals surface area contributed by atoms with Crippen molar-refractivity contribution in [2.24, 2.45) is 11.0 Å². The average molecular weight is 290 g/mol. The molecule has 0 aromatic carbocycles. The van der Waals surface area contributed by atoms with Crippen LogP contribution in [-0.4, -0.2) is 29.4 Å². The van der Waals surface area contributed by atoms with E-state index in [1.165, 1.54) is 25.7 Å². The summed E-state index contributed by atoms with van der Waals surface area (Å²) in [5, 5.41) is 5.06. The van der Waals surface area contributed by atoms with Crippen molar-refractivity contribution in [1.29, 1.82) is 0 Å². The van der Waals surface area contributed by atoms with Crippen molar-refractivity contribution in [3.05, 3.63) is 18.5 Å². The Morgan fingerprint density at radius 3 is 3.10 bits per heavy atom. The van der Waals surface area contributed by atoms with Crippen molar-refractivity contribution in [2.75, 3.05) is 12.5 Å². The molecule has 106 valence electrons. The highest BCUT2D eigenvalue weighted by atomic mass is 32.1. The molecule has 1 fully saturated rings. The maximum Gasteiger partial charge on any atom is 0.204 e. The third-order valence-electron chi connectivity index (χ3n) is 3.71. The molecule has 1 aliphatic rings. The summed E-state index contributed by atoms with van der Waals surface area (Å²) in [6, 6.07) is 1.90. The van der Waals surface area contributed by atoms with Crippen molar-refractivity contribution < 1.29 is 4.74 Å². The van der Waals surface area contributed by atoms with E-state index in [1.54, 1.807) is 24.6 Å². The molecule has 1 N–H and O–H groups in total. The van der Waals surface area contributed by atoms with Gasteiger partial charge in [0.05, 0.1) is 22.5 Å². The van der Waals surface area contributed by atoms with E-state index >= 15 is 0 Å². The lowest BCUT2D eigenvalue weighted by Crippen LogP contribution is -2.22. The molecule has 0 radical (unpaired) electrons. The summed E-state index contributed by atoms with van der Waals surface area (Å²) in [6.45, 7) is 0. The quantitative estimate of drug-likeness (QED) is 0.678. The fraction of sp³-hybridized carbons (Fsp3) is 0.500. The number of aromatic nitrogens is 2. The van der Waals surface area contributed by atoms with Gasteiger partial charge in [0.2, 0.25) is 5.13 Å². The third-order valence-corrected chi connectivity index (χ3v) is 4.62. The first kappa shape index (κ1) is 13.5. The van der Waals surface area contributed by atoms with Crippen LogP contribution in [-0.2, 0) is 4.74 Å². The summed E-state index contributed by atoms with van der Waals surface area (Å²) in [6.07, 6.45) is 10.6. The molecule has 3 rings (SSSR count). The van der Waals surface area contributed by atoms with Gasteiger partial charge in [0.25, 0.3) is 0 Å². The molecule has 1 aliphatic carbocycles. The molecule has 20 heavy (non-hydrogen) atoms. The average Bonchev–Trinajstić information content (AvgIpc) is 3.12. The van der Waals surface area contributed by atoms with E-state index in [1.807, 2.05) is 18.5 Å². The van der Waals surface area contributed by atoms with Gasteiger partial charge in [-0.15, -0.1) is 0 Å². The van der Waals surface area contributed by atoms with Crippen LogP contribution in [0.15, 0.2) is 23.6 Å². The molecule has 0 aliphatic heterocycles. The van der Waals surface area contributed by atoms with Gasteiger partial charge < -0.3 is 4.74 Å². The summed E-state index contributed by atoms with van der Waals surface area (Å²) in [7, 11) is 1.75. The van der Waals surface area contributed by atoms with Crippen molar-refractivity contribution in [3.63, 3.8) is 0 Å². The van der Waals surface area contributed by atoms with Crippen LogP contribution in [0.4, 0.5) is 5.13 Å². The fourth-order valence-corrected chi connectivity index (χ4v) is 3.44. The maximum absolute atomic E-state index is 5.51. The molecule has 0 spiro atoms. The number of anilines is 1. The largest absolute Gasteiger partial charge is 0.375 e. The fourth-order valence-electron chi connectivity index (χ4n) is 2.65. The second-order valence-electron chi connectivity index (χ2n) is 5.00. The Labute approximate surface area is 122 Å². The van der Waals surface area contributed by atoms with Crippen molar-refractivity contribution in [1.82, 2.24) is 9.97 Å². The Morgan fingerprint density at radius 2 is 2.35 bits per heavy atom. The van der Waals surface area contributed by atoms with Gasteiger partial charge in [0.15, 0.2) is 0 Å². The van der Waals surface area contributed by atoms with Gasteiger partial charge in [-0.1, -0.05) is 24.2 Å². The van der Waals surface area contributed by atoms with Crippen LogP contribution in [0.25, 0.3) is 10.2 Å². The molecule has 1 unspecified atom stereocenters. The van der Waals surface area contributed by atoms with Crippen LogP contribution >= 0.6 is 11.3 Å². The zero-order chi connectivity index (χ0) is 13.8. The first-order chi connectivity index (χ1) is 9.86. The Kier molecular flexibility index (Phi) is 4.22. The van der Waals surface area contributed by atoms with Gasteiger partial charge in [-0.25, -0.2) is 4.98 Å². The van der Waals surface area contributed by atoms with Crippen LogP contribution in [0, 0.1) is 5.92 Å². The van der Waals surface area contributed by atoms with Gasteiger partial charge in [0.1, 0.15) is 0 Å². The Balaban J connectivity index is 1.63. The number of hydrogen-bond donors (Lipinski definition) is 1. The number of hydrogen-bond acceptors (Lipinski definition) is 6. The zero-order valence-corrected chi connectivity index (χ0v) is 12.3. The van der Waals surface area contributed by atoms with Gasteiger partial charge in [-0.05, 0) is 24.8 Å². The van der Waals surface area contributed by atoms with E-state index in [0.29, 0.717) is 5.92 Å². The highest BCUT2D eigenvalue weighted by Crippen LogP contribution is 2.28. The zero-order valence-electron chi connectivity index (χ0n) is 11.5. The molecule has 1 saturated carbocycles. The van der Waals surface area contributed by atoms with Crippen LogP contribution in [0.5, 0.6) is 0 Å². The summed E-state index contributed by atoms with van der Waals surface area (Å²) in [5.74, 6) is 0.602. The van der Waals surface area contributed by atoms with Crippen LogP contribution in [0.1, 0.15) is 25.7 Å². The molecule has 0 amide bonds. The number of nitrogens with zero attached hydrogens (tertiary/aromatic N) is 3. The molecule has 2 heterocycles. The number of pyridine rings is 1. The standard InChI is InChI=1S/C14H18N4OS/c1-19-12(10-4-2-3-5-10)8-16-18-14-17-11-6-7-15-9-13(11)20-14/h6-10,12H,2-5H2,1H3,(H,17,18)/b16-8+. The van der Waals surface area contributed by atoms with E-state index < -0.39 is 0 Å². The summed E-state index contributed by atoms with van der Waals surface area (Å²) in [5.41, 5.74) is 3.94. The topological polar surface area (TPSA) is 59.4 Å². The number of fused-ring (bicyclic) bond motifs is 1. The summed E-state index contributed by atoms with van der Waals surface area (Å²) in [4.78, 5) is 8.53. The lowest BCUT2D eigenvalue weighted by Gasteiger charge is -2.16. The van der Waals surface area contributed by atoms with Crippen molar-refractivity contribution >= 4 is 32.9 Å². The van der Waals surface area contributed by atoms with E-state index in [4.69, 9.17) is 4.74 Å². The molecule has 0 saturated heterocycles. The number of nitrogens with one attached hydrogen (secondary N) is 1. The third kappa shape index (κ3) is 2.96. The molecule has 1 atom stereocenters. The predicted octanol–water partition coefficient (Wildman–Crippen LogP) is 3.29. The molecule has 5 nitrogen and oxygen atoms in total. The van der Waals surface area contributed by atoms with Crippen molar-refractivity contribution in [2.45, 2.75) is 31.8 Å². The Bertz CT molecular complexity index is 559. The predicted molar refractivity (Wildman–Crippen MR) is 82.3 cm³/mol. The minimum Gasteiger partial charge on any atom is -0.375 e. The summed E-state index contributed by atoms with van der Waals surface area (Å²) < 4.78 is 6.57. The van der Waals surface area contributed by atoms with Crippen LogP contribution in [0.2, 0.25) is 0 Å². The van der Waals surface area contributed by atoms with Crippen LogP contribution in [0.3, 0.4) is 0 Å². The molecule has 2 aromatic heterocycles. The number of thiazole rings is 1. The molecule has 2 aromatic rings. The Hall–Kier alpha value is -1.53. The minimum absolute atomic E-state index is 0.0982. The van der Waals surface area contributed by atoms with E-state index in [2.05, 4.69) is 20.5 Å². The van der Waals surface area contributed by atoms with E-state index in [0.717, 1.165) is 15.3 Å². The summed E-state index contributed by atoms with van der Waals surface area (Å²) >= 11 is 1.55. The molecule has 0 bridgehead atoms. The lowest BCUT2D eigenvalue weighted by molar-refractivity contribution is 0.111. The number of rotatable bonds is 5. The maximum atomic E-state index is 5.51. The monoisotopic (exact) mass is 290 g/mol. The highest BCUT2D eigenvalue weighted by molar-refractivity contribution is 7.22. The van der Waals surface area contributed by atoms with Crippen LogP contribution < -0.4 is 5.43 Å². The number of methoxy groups -OCH3 is 1. The smallest absolute Gasteiger partial charge is 0.204 e.